The molecule has 72 heavy (non-hydrogen) atoms. The van der Waals surface area contributed by atoms with Crippen LogP contribution in [-0.2, 0) is 0 Å². The van der Waals surface area contributed by atoms with E-state index in [2.05, 4.69) is 267 Å². The van der Waals surface area contributed by atoms with Crippen molar-refractivity contribution < 1.29 is 0 Å². The minimum atomic E-state index is 1.21. The van der Waals surface area contributed by atoms with E-state index in [1.165, 1.54) is 140 Å². The molecule has 0 atom stereocenters. The molecule has 0 saturated carbocycles. The highest BCUT2D eigenvalue weighted by Gasteiger charge is 2.28. The number of fused-ring (bicyclic) bond motifs is 5. The third kappa shape index (κ3) is 7.10. The minimum Gasteiger partial charge on any atom is -0.134 e. The molecule has 0 nitrogen and oxygen atoms in total. The summed E-state index contributed by atoms with van der Waals surface area (Å²) in [6.07, 6.45) is 0. The SMILES string of the molecule is c1ccc(-c2cc(-c3ccccc3)c3sc(-c4c5ccccc5c(-c5sc6c(-c7ccccc7)cc(-c7ccccc7)cc6c5-c5ccccc5)c5cc6ccccc6cc45)c(-c4ccccc4)c3c2)cc1. The highest BCUT2D eigenvalue weighted by Crippen LogP contribution is 2.57. The van der Waals surface area contributed by atoms with Gasteiger partial charge >= 0.3 is 0 Å². The first-order chi connectivity index (χ1) is 35.7. The summed E-state index contributed by atoms with van der Waals surface area (Å²) < 4.78 is 2.57. The van der Waals surface area contributed by atoms with Crippen molar-refractivity contribution in [3.8, 4) is 87.6 Å². The van der Waals surface area contributed by atoms with E-state index in [0.717, 1.165) is 0 Å². The average Bonchev–Trinajstić information content (AvgIpc) is 4.03. The maximum atomic E-state index is 2.49. The lowest BCUT2D eigenvalue weighted by molar-refractivity contribution is 1.63. The molecular formula is C70H44S2. The van der Waals surface area contributed by atoms with Crippen LogP contribution >= 0.6 is 22.7 Å². The molecule has 12 aromatic carbocycles. The highest BCUT2D eigenvalue weighted by molar-refractivity contribution is 7.24. The lowest BCUT2D eigenvalue weighted by atomic mass is 9.85. The van der Waals surface area contributed by atoms with Crippen LogP contribution in [0.25, 0.3) is 140 Å². The largest absolute Gasteiger partial charge is 0.134 e. The third-order valence-electron chi connectivity index (χ3n) is 14.4. The third-order valence-corrected chi connectivity index (χ3v) is 16.9. The zero-order valence-corrected chi connectivity index (χ0v) is 40.9. The standard InChI is InChI=1S/C70H44S2/c1-7-23-45(24-8-1)53-41-57(47-27-11-3-12-28-47)67-61(43-53)63(49-31-15-5-16-32-49)69(71-67)65-55-37-21-22-38-56(55)66(60-40-52-36-20-19-35-51(52)39-59(60)65)70-64(50-33-17-6-18-34-50)62-44-54(46-25-9-2-10-26-46)42-58(68(62)72-70)48-29-13-4-14-30-48/h1-44H. The molecule has 14 rings (SSSR count). The van der Waals surface area contributed by atoms with E-state index in [1.54, 1.807) is 0 Å². The van der Waals surface area contributed by atoms with Gasteiger partial charge in [-0.2, -0.15) is 0 Å². The molecule has 0 amide bonds. The Morgan fingerprint density at radius 1 is 0.194 bits per heavy atom. The van der Waals surface area contributed by atoms with Crippen molar-refractivity contribution in [3.05, 3.63) is 267 Å². The minimum absolute atomic E-state index is 1.21. The van der Waals surface area contributed by atoms with Gasteiger partial charge in [-0.3, -0.25) is 0 Å². The quantitative estimate of drug-likeness (QED) is 0.133. The molecule has 14 aromatic rings. The van der Waals surface area contributed by atoms with Crippen LogP contribution in [0.5, 0.6) is 0 Å². The van der Waals surface area contributed by atoms with E-state index in [1.807, 2.05) is 22.7 Å². The van der Waals surface area contributed by atoms with E-state index in [9.17, 15) is 0 Å². The van der Waals surface area contributed by atoms with Crippen molar-refractivity contribution in [3.63, 3.8) is 0 Å². The summed E-state index contributed by atoms with van der Waals surface area (Å²) in [5.41, 5.74) is 17.3. The topological polar surface area (TPSA) is 0 Å². The molecule has 0 N–H and O–H groups in total. The fourth-order valence-electron chi connectivity index (χ4n) is 11.1. The Morgan fingerprint density at radius 3 is 0.861 bits per heavy atom. The van der Waals surface area contributed by atoms with Gasteiger partial charge in [0, 0.05) is 63.3 Å². The van der Waals surface area contributed by atoms with Crippen molar-refractivity contribution in [1.29, 1.82) is 0 Å². The molecule has 0 bridgehead atoms. The maximum Gasteiger partial charge on any atom is 0.0446 e. The van der Waals surface area contributed by atoms with Gasteiger partial charge in [-0.15, -0.1) is 22.7 Å². The number of rotatable bonds is 8. The zero-order valence-electron chi connectivity index (χ0n) is 39.2. The van der Waals surface area contributed by atoms with Gasteiger partial charge in [-0.1, -0.05) is 231 Å². The first-order valence-electron chi connectivity index (χ1n) is 24.6. The Labute approximate surface area is 427 Å². The monoisotopic (exact) mass is 948 g/mol. The van der Waals surface area contributed by atoms with Crippen LogP contribution in [0.3, 0.4) is 0 Å². The Balaban J connectivity index is 1.15. The molecule has 2 heterocycles. The van der Waals surface area contributed by atoms with Gasteiger partial charge in [0.25, 0.3) is 0 Å². The number of hydrogen-bond donors (Lipinski definition) is 0. The van der Waals surface area contributed by atoms with E-state index >= 15 is 0 Å². The fourth-order valence-corrected chi connectivity index (χ4v) is 14.0. The summed E-state index contributed by atoms with van der Waals surface area (Å²) in [6, 6.07) is 98.7. The first kappa shape index (κ1) is 42.2. The Hall–Kier alpha value is -8.66. The van der Waals surface area contributed by atoms with Gasteiger partial charge in [0.2, 0.25) is 0 Å². The predicted octanol–water partition coefficient (Wildman–Crippen LogP) is 20.9. The molecule has 2 aromatic heterocycles. The number of thiophene rings is 2. The summed E-state index contributed by atoms with van der Waals surface area (Å²) >= 11 is 3.88. The second-order valence-electron chi connectivity index (χ2n) is 18.7. The fraction of sp³-hybridized carbons (Fsp3) is 0. The van der Waals surface area contributed by atoms with E-state index < -0.39 is 0 Å². The van der Waals surface area contributed by atoms with Crippen LogP contribution < -0.4 is 0 Å². The highest BCUT2D eigenvalue weighted by atomic mass is 32.1. The summed E-state index contributed by atoms with van der Waals surface area (Å²) in [5.74, 6) is 0. The molecule has 2 heteroatoms. The molecule has 0 aliphatic carbocycles. The second-order valence-corrected chi connectivity index (χ2v) is 20.7. The molecule has 0 radical (unpaired) electrons. The van der Waals surface area contributed by atoms with Crippen LogP contribution in [0.1, 0.15) is 0 Å². The molecule has 0 fully saturated rings. The van der Waals surface area contributed by atoms with E-state index in [0.29, 0.717) is 0 Å². The van der Waals surface area contributed by atoms with Crippen molar-refractivity contribution in [2.24, 2.45) is 0 Å². The summed E-state index contributed by atoms with van der Waals surface area (Å²) in [4.78, 5) is 2.56. The van der Waals surface area contributed by atoms with Crippen LogP contribution in [0.4, 0.5) is 0 Å². The van der Waals surface area contributed by atoms with Crippen LogP contribution in [0.15, 0.2) is 267 Å². The summed E-state index contributed by atoms with van der Waals surface area (Å²) in [7, 11) is 0. The van der Waals surface area contributed by atoms with Gasteiger partial charge in [-0.05, 0) is 113 Å². The molecule has 0 spiro atoms. The molecule has 0 aliphatic heterocycles. The van der Waals surface area contributed by atoms with Crippen molar-refractivity contribution in [2.45, 2.75) is 0 Å². The van der Waals surface area contributed by atoms with Gasteiger partial charge in [0.1, 0.15) is 0 Å². The van der Waals surface area contributed by atoms with E-state index in [-0.39, 0.29) is 0 Å². The Morgan fingerprint density at radius 2 is 0.500 bits per heavy atom. The molecule has 336 valence electrons. The average molecular weight is 949 g/mol. The predicted molar refractivity (Wildman–Crippen MR) is 313 cm³/mol. The number of benzene rings is 12. The first-order valence-corrected chi connectivity index (χ1v) is 26.3. The van der Waals surface area contributed by atoms with Crippen molar-refractivity contribution >= 4 is 75.2 Å². The van der Waals surface area contributed by atoms with Crippen molar-refractivity contribution in [2.75, 3.05) is 0 Å². The summed E-state index contributed by atoms with van der Waals surface area (Å²) in [6.45, 7) is 0. The van der Waals surface area contributed by atoms with E-state index in [4.69, 9.17) is 0 Å². The Kier molecular flexibility index (Phi) is 10.3. The lowest BCUT2D eigenvalue weighted by Gasteiger charge is -2.19. The number of hydrogen-bond acceptors (Lipinski definition) is 2. The van der Waals surface area contributed by atoms with Gasteiger partial charge in [0.05, 0.1) is 0 Å². The zero-order chi connectivity index (χ0) is 47.5. The van der Waals surface area contributed by atoms with Gasteiger partial charge in [0.15, 0.2) is 0 Å². The molecule has 0 unspecified atom stereocenters. The van der Waals surface area contributed by atoms with Crippen LogP contribution in [0.2, 0.25) is 0 Å². The van der Waals surface area contributed by atoms with Crippen LogP contribution in [-0.4, -0.2) is 0 Å². The summed E-state index contributed by atoms with van der Waals surface area (Å²) in [5, 5.41) is 9.97. The maximum absolute atomic E-state index is 2.49. The molecule has 0 aliphatic rings. The van der Waals surface area contributed by atoms with Gasteiger partial charge in [-0.25, -0.2) is 0 Å². The van der Waals surface area contributed by atoms with Crippen molar-refractivity contribution in [1.82, 2.24) is 0 Å². The van der Waals surface area contributed by atoms with Gasteiger partial charge < -0.3 is 0 Å². The lowest BCUT2D eigenvalue weighted by Crippen LogP contribution is -1.92. The Bertz CT molecular complexity index is 4040. The normalized spacial score (nSPS) is 11.6. The molecule has 0 saturated heterocycles. The van der Waals surface area contributed by atoms with Crippen LogP contribution in [0, 0.1) is 0 Å². The second kappa shape index (κ2) is 17.6. The molecular weight excluding hydrogens is 905 g/mol. The smallest absolute Gasteiger partial charge is 0.0446 e.